The number of allylic oxidation sites excluding steroid dienone is 2. The summed E-state index contributed by atoms with van der Waals surface area (Å²) < 4.78 is 5.59. The number of aromatic carboxylic acids is 1. The summed E-state index contributed by atoms with van der Waals surface area (Å²) >= 11 is 0. The lowest BCUT2D eigenvalue weighted by Gasteiger charge is -2.39. The van der Waals surface area contributed by atoms with Gasteiger partial charge in [0.25, 0.3) is 0 Å². The topological polar surface area (TPSA) is 58.6 Å². The van der Waals surface area contributed by atoms with Crippen molar-refractivity contribution >= 4 is 11.7 Å². The maximum absolute atomic E-state index is 11.1. The summed E-state index contributed by atoms with van der Waals surface area (Å²) in [5, 5.41) is 12.8. The van der Waals surface area contributed by atoms with E-state index in [9.17, 15) is 4.79 Å². The summed E-state index contributed by atoms with van der Waals surface area (Å²) in [4.78, 5) is 11.1. The molecule has 0 saturated carbocycles. The van der Waals surface area contributed by atoms with Crippen LogP contribution in [0.2, 0.25) is 0 Å². The number of nitrogens with one attached hydrogen (secondary N) is 1. The fourth-order valence-electron chi connectivity index (χ4n) is 4.20. The number of anilines is 1. The smallest absolute Gasteiger partial charge is 0.335 e. The molecule has 0 bridgehead atoms. The maximum atomic E-state index is 11.1. The lowest BCUT2D eigenvalue weighted by Crippen LogP contribution is -2.30. The Morgan fingerprint density at radius 2 is 1.96 bits per heavy atom. The SMILES string of the molecule is COc1ccc(C)c2c1N[C@H](c1ccc(C(=O)O)cc1)C1CC=CC21. The number of carboxylic acids is 1. The Bertz CT molecular complexity index is 854. The number of aryl methyl sites for hydroxylation is 1. The van der Waals surface area contributed by atoms with Crippen molar-refractivity contribution in [2.45, 2.75) is 25.3 Å². The van der Waals surface area contributed by atoms with E-state index >= 15 is 0 Å². The fraction of sp³-hybridized carbons (Fsp3) is 0.286. The van der Waals surface area contributed by atoms with E-state index < -0.39 is 5.97 Å². The molecule has 4 rings (SSSR count). The van der Waals surface area contributed by atoms with Crippen LogP contribution in [0.25, 0.3) is 0 Å². The molecule has 0 aromatic heterocycles. The molecule has 1 heterocycles. The second-order valence-electron chi connectivity index (χ2n) is 6.78. The van der Waals surface area contributed by atoms with E-state index in [4.69, 9.17) is 9.84 Å². The van der Waals surface area contributed by atoms with Crippen molar-refractivity contribution in [3.8, 4) is 5.75 Å². The molecule has 1 aliphatic heterocycles. The van der Waals surface area contributed by atoms with E-state index in [1.54, 1.807) is 19.2 Å². The third kappa shape index (κ3) is 2.49. The van der Waals surface area contributed by atoms with E-state index in [0.717, 1.165) is 23.4 Å². The first-order chi connectivity index (χ1) is 12.1. The highest BCUT2D eigenvalue weighted by Crippen LogP contribution is 2.53. The first kappa shape index (κ1) is 15.8. The largest absolute Gasteiger partial charge is 0.495 e. The molecule has 25 heavy (non-hydrogen) atoms. The second-order valence-corrected chi connectivity index (χ2v) is 6.78. The van der Waals surface area contributed by atoms with Crippen LogP contribution >= 0.6 is 0 Å². The molecule has 2 aromatic carbocycles. The molecule has 0 saturated heterocycles. The second kappa shape index (κ2) is 5.96. The Balaban J connectivity index is 1.79. The molecule has 0 spiro atoms. The number of rotatable bonds is 3. The van der Waals surface area contributed by atoms with E-state index in [1.807, 2.05) is 18.2 Å². The van der Waals surface area contributed by atoms with Gasteiger partial charge in [-0.25, -0.2) is 4.79 Å². The number of carboxylic acid groups (broad SMARTS) is 1. The van der Waals surface area contributed by atoms with Gasteiger partial charge in [-0.15, -0.1) is 0 Å². The van der Waals surface area contributed by atoms with Gasteiger partial charge in [-0.05, 0) is 54.2 Å². The third-order valence-electron chi connectivity index (χ3n) is 5.44. The van der Waals surface area contributed by atoms with Crippen molar-refractivity contribution in [3.63, 3.8) is 0 Å². The summed E-state index contributed by atoms with van der Waals surface area (Å²) in [6.07, 6.45) is 5.57. The molecule has 4 heteroatoms. The standard InChI is InChI=1S/C21H21NO3/c1-12-6-11-17(25-2)20-18(12)15-4-3-5-16(15)19(22-20)13-7-9-14(10-8-13)21(23)24/h3-4,6-11,15-16,19,22H,5H2,1-2H3,(H,23,24)/t15?,16?,19-/m1/s1. The monoisotopic (exact) mass is 335 g/mol. The van der Waals surface area contributed by atoms with E-state index in [1.165, 1.54) is 11.1 Å². The molecule has 0 fully saturated rings. The molecule has 0 radical (unpaired) electrons. The van der Waals surface area contributed by atoms with Crippen LogP contribution in [0.5, 0.6) is 5.75 Å². The number of methoxy groups -OCH3 is 1. The molecule has 1 aliphatic carbocycles. The summed E-state index contributed by atoms with van der Waals surface area (Å²) in [6.45, 7) is 2.14. The number of carbonyl (C=O) groups is 1. The Labute approximate surface area is 147 Å². The zero-order valence-electron chi connectivity index (χ0n) is 14.3. The van der Waals surface area contributed by atoms with Gasteiger partial charge in [0, 0.05) is 5.92 Å². The Kier molecular flexibility index (Phi) is 3.75. The zero-order valence-corrected chi connectivity index (χ0v) is 14.3. The zero-order chi connectivity index (χ0) is 17.6. The van der Waals surface area contributed by atoms with Crippen LogP contribution in [0.3, 0.4) is 0 Å². The van der Waals surface area contributed by atoms with Crippen LogP contribution in [0.15, 0.2) is 48.6 Å². The maximum Gasteiger partial charge on any atom is 0.335 e. The number of fused-ring (bicyclic) bond motifs is 3. The van der Waals surface area contributed by atoms with Crippen molar-refractivity contribution in [1.29, 1.82) is 0 Å². The average molecular weight is 335 g/mol. The van der Waals surface area contributed by atoms with Gasteiger partial charge in [0.1, 0.15) is 5.75 Å². The van der Waals surface area contributed by atoms with Crippen LogP contribution in [0.4, 0.5) is 5.69 Å². The average Bonchev–Trinajstić information content (AvgIpc) is 3.11. The van der Waals surface area contributed by atoms with Crippen LogP contribution in [0, 0.1) is 12.8 Å². The molecular weight excluding hydrogens is 314 g/mol. The van der Waals surface area contributed by atoms with Gasteiger partial charge in [-0.1, -0.05) is 30.4 Å². The van der Waals surface area contributed by atoms with Crippen molar-refractivity contribution < 1.29 is 14.6 Å². The minimum absolute atomic E-state index is 0.131. The molecule has 2 aromatic rings. The van der Waals surface area contributed by atoms with E-state index in [0.29, 0.717) is 17.4 Å². The van der Waals surface area contributed by atoms with Crippen molar-refractivity contribution in [3.05, 3.63) is 70.8 Å². The van der Waals surface area contributed by atoms with Gasteiger partial charge in [0.2, 0.25) is 0 Å². The Morgan fingerprint density at radius 3 is 2.64 bits per heavy atom. The van der Waals surface area contributed by atoms with Gasteiger partial charge in [-0.3, -0.25) is 0 Å². The molecule has 2 aliphatic rings. The van der Waals surface area contributed by atoms with Crippen LogP contribution in [-0.4, -0.2) is 18.2 Å². The Hall–Kier alpha value is -2.75. The molecule has 3 atom stereocenters. The summed E-state index contributed by atoms with van der Waals surface area (Å²) in [5.74, 6) is 0.738. The Morgan fingerprint density at radius 1 is 1.20 bits per heavy atom. The number of hydrogen-bond donors (Lipinski definition) is 2. The lowest BCUT2D eigenvalue weighted by molar-refractivity contribution is 0.0697. The predicted octanol–water partition coefficient (Wildman–Crippen LogP) is 4.53. The van der Waals surface area contributed by atoms with E-state index in [-0.39, 0.29) is 6.04 Å². The van der Waals surface area contributed by atoms with Crippen molar-refractivity contribution in [2.75, 3.05) is 12.4 Å². The molecule has 0 amide bonds. The number of ether oxygens (including phenoxy) is 1. The van der Waals surface area contributed by atoms with Gasteiger partial charge in [-0.2, -0.15) is 0 Å². The lowest BCUT2D eigenvalue weighted by atomic mass is 9.75. The van der Waals surface area contributed by atoms with Gasteiger partial charge >= 0.3 is 5.97 Å². The first-order valence-electron chi connectivity index (χ1n) is 8.54. The van der Waals surface area contributed by atoms with Gasteiger partial charge in [0.15, 0.2) is 0 Å². The molecule has 128 valence electrons. The summed E-state index contributed by atoms with van der Waals surface area (Å²) in [7, 11) is 1.69. The van der Waals surface area contributed by atoms with Crippen LogP contribution < -0.4 is 10.1 Å². The summed E-state index contributed by atoms with van der Waals surface area (Å²) in [5.41, 5.74) is 5.07. The third-order valence-corrected chi connectivity index (χ3v) is 5.44. The molecule has 2 N–H and O–H groups in total. The predicted molar refractivity (Wildman–Crippen MR) is 97.5 cm³/mol. The summed E-state index contributed by atoms with van der Waals surface area (Å²) in [6, 6.07) is 11.5. The van der Waals surface area contributed by atoms with Crippen LogP contribution in [-0.2, 0) is 0 Å². The quantitative estimate of drug-likeness (QED) is 0.809. The van der Waals surface area contributed by atoms with E-state index in [2.05, 4.69) is 30.5 Å². The normalized spacial score (nSPS) is 23.5. The van der Waals surface area contributed by atoms with Crippen molar-refractivity contribution in [1.82, 2.24) is 0 Å². The number of benzene rings is 2. The van der Waals surface area contributed by atoms with Gasteiger partial charge < -0.3 is 15.2 Å². The highest BCUT2D eigenvalue weighted by molar-refractivity contribution is 5.87. The fourth-order valence-corrected chi connectivity index (χ4v) is 4.20. The number of hydrogen-bond acceptors (Lipinski definition) is 3. The van der Waals surface area contributed by atoms with Crippen LogP contribution in [0.1, 0.15) is 45.4 Å². The minimum Gasteiger partial charge on any atom is -0.495 e. The highest BCUT2D eigenvalue weighted by atomic mass is 16.5. The van der Waals surface area contributed by atoms with Gasteiger partial charge in [0.05, 0.1) is 24.4 Å². The molecule has 4 nitrogen and oxygen atoms in total. The first-order valence-corrected chi connectivity index (χ1v) is 8.54. The molecule has 2 unspecified atom stereocenters. The highest BCUT2D eigenvalue weighted by Gasteiger charge is 2.39. The molecular formula is C21H21NO3. The minimum atomic E-state index is -0.897. The van der Waals surface area contributed by atoms with Crippen molar-refractivity contribution in [2.24, 2.45) is 5.92 Å².